The van der Waals surface area contributed by atoms with Gasteiger partial charge in [0.2, 0.25) is 11.9 Å². The van der Waals surface area contributed by atoms with Gasteiger partial charge in [-0.3, -0.25) is 4.79 Å². The summed E-state index contributed by atoms with van der Waals surface area (Å²) in [4.78, 5) is 28.6. The molecule has 3 aromatic rings. The van der Waals surface area contributed by atoms with Crippen LogP contribution in [-0.2, 0) is 9.36 Å². The third-order valence-corrected chi connectivity index (χ3v) is 10.1. The fourth-order valence-corrected chi connectivity index (χ4v) is 6.83. The molecule has 1 aromatic heterocycles. The lowest BCUT2D eigenvalue weighted by Crippen LogP contribution is -2.40. The lowest BCUT2D eigenvalue weighted by atomic mass is 10.2. The van der Waals surface area contributed by atoms with Gasteiger partial charge in [0.15, 0.2) is 5.82 Å². The fourth-order valence-electron chi connectivity index (χ4n) is 5.54. The topological polar surface area (TPSA) is 115 Å². The summed E-state index contributed by atoms with van der Waals surface area (Å²) in [6.07, 6.45) is 3.75. The summed E-state index contributed by atoms with van der Waals surface area (Å²) in [5.41, 5.74) is 2.68. The molecule has 2 aromatic carbocycles. The van der Waals surface area contributed by atoms with Crippen molar-refractivity contribution in [3.63, 3.8) is 0 Å². The maximum absolute atomic E-state index is 12.9. The molecule has 1 aliphatic heterocycles. The molecule has 1 amide bonds. The quantitative estimate of drug-likeness (QED) is 0.135. The van der Waals surface area contributed by atoms with E-state index in [2.05, 4.69) is 68.1 Å². The number of amides is 1. The van der Waals surface area contributed by atoms with Crippen LogP contribution in [-0.4, -0.2) is 98.5 Å². The van der Waals surface area contributed by atoms with Crippen molar-refractivity contribution in [3.05, 3.63) is 60.3 Å². The molecule has 0 radical (unpaired) electrons. The van der Waals surface area contributed by atoms with Crippen molar-refractivity contribution in [1.29, 1.82) is 0 Å². The van der Waals surface area contributed by atoms with Gasteiger partial charge in [-0.25, -0.2) is 4.98 Å². The largest absolute Gasteiger partial charge is 0.494 e. The van der Waals surface area contributed by atoms with E-state index in [1.165, 1.54) is 12.3 Å². The zero-order valence-electron chi connectivity index (χ0n) is 27.6. The number of benzene rings is 2. The second-order valence-corrected chi connectivity index (χ2v) is 15.3. The number of rotatable bonds is 15. The van der Waals surface area contributed by atoms with Gasteiger partial charge in [-0.15, -0.1) is 0 Å². The first-order valence-corrected chi connectivity index (χ1v) is 18.5. The number of para-hydroxylation sites is 1. The number of carbonyl (C=O) groups is 1. The molecule has 0 aliphatic carbocycles. The maximum atomic E-state index is 12.9. The first kappa shape index (κ1) is 35.2. The van der Waals surface area contributed by atoms with Crippen LogP contribution in [0.2, 0.25) is 5.02 Å². The number of nitrogens with zero attached hydrogens (tertiary/aromatic N) is 5. The Morgan fingerprint density at radius 3 is 2.57 bits per heavy atom. The molecule has 11 nitrogen and oxygen atoms in total. The number of nitrogens with one attached hydrogen (secondary N) is 3. The van der Waals surface area contributed by atoms with E-state index < -0.39 is 7.14 Å². The minimum absolute atomic E-state index is 0.253. The summed E-state index contributed by atoms with van der Waals surface area (Å²) in [6, 6.07) is 11.5. The lowest BCUT2D eigenvalue weighted by molar-refractivity contribution is -0.111. The van der Waals surface area contributed by atoms with Gasteiger partial charge in [0.1, 0.15) is 17.9 Å². The first-order chi connectivity index (χ1) is 22.0. The molecular weight excluding hydrogens is 623 g/mol. The second kappa shape index (κ2) is 15.8. The highest BCUT2D eigenvalue weighted by molar-refractivity contribution is 7.70. The molecule has 46 heavy (non-hydrogen) atoms. The Hall–Kier alpha value is -3.63. The maximum Gasteiger partial charge on any atom is 0.247 e. The van der Waals surface area contributed by atoms with E-state index in [4.69, 9.17) is 16.3 Å². The van der Waals surface area contributed by atoms with Crippen LogP contribution in [0, 0.1) is 0 Å². The van der Waals surface area contributed by atoms with Crippen molar-refractivity contribution in [2.24, 2.45) is 0 Å². The van der Waals surface area contributed by atoms with Crippen LogP contribution in [0.1, 0.15) is 20.3 Å². The molecule has 1 atom stereocenters. The van der Waals surface area contributed by atoms with Gasteiger partial charge in [0, 0.05) is 43.6 Å². The normalized spacial score (nSPS) is 14.9. The highest BCUT2D eigenvalue weighted by Gasteiger charge is 2.29. The van der Waals surface area contributed by atoms with Crippen LogP contribution in [0.15, 0.2) is 55.3 Å². The average Bonchev–Trinajstić information content (AvgIpc) is 3.53. The van der Waals surface area contributed by atoms with Crippen molar-refractivity contribution < 1.29 is 14.1 Å². The van der Waals surface area contributed by atoms with E-state index in [1.54, 1.807) is 20.4 Å². The Labute approximate surface area is 277 Å². The molecular formula is C33H46ClN8O3P. The number of carbonyl (C=O) groups excluding carboxylic acids is 1. The van der Waals surface area contributed by atoms with Crippen LogP contribution < -0.4 is 30.9 Å². The van der Waals surface area contributed by atoms with E-state index in [0.717, 1.165) is 51.4 Å². The predicted octanol–water partition coefficient (Wildman–Crippen LogP) is 5.85. The van der Waals surface area contributed by atoms with Gasteiger partial charge in [-0.1, -0.05) is 44.2 Å². The standard InChI is InChI=1S/C33H46ClN8O3P/c1-8-31(43)36-26-19-27(29(45-5)20-28(26)42-16-15-23(22-42)40(4)17-18-41(9-2)10-3)38-33-35-21-24(34)32(39-33)37-25-13-11-12-14-30(25)46(6,7)44/h8,11-14,19-21,23H,1,9-10,15-18,22H2,2-7H3,(H,36,43)(H2,35,37,38,39). The van der Waals surface area contributed by atoms with Crippen LogP contribution >= 0.6 is 18.7 Å². The van der Waals surface area contributed by atoms with E-state index in [-0.39, 0.29) is 11.9 Å². The molecule has 248 valence electrons. The Kier molecular flexibility index (Phi) is 12.1. The molecule has 0 spiro atoms. The molecule has 1 aliphatic rings. The summed E-state index contributed by atoms with van der Waals surface area (Å²) < 4.78 is 18.7. The Morgan fingerprint density at radius 1 is 1.15 bits per heavy atom. The number of halogens is 1. The number of aromatic nitrogens is 2. The Balaban J connectivity index is 1.60. The van der Waals surface area contributed by atoms with Gasteiger partial charge in [-0.05, 0) is 64.2 Å². The third kappa shape index (κ3) is 8.79. The fraction of sp³-hybridized carbons (Fsp3) is 0.424. The number of anilines is 6. The van der Waals surface area contributed by atoms with E-state index in [1.807, 2.05) is 36.4 Å². The lowest BCUT2D eigenvalue weighted by Gasteiger charge is -2.29. The van der Waals surface area contributed by atoms with Crippen LogP contribution in [0.5, 0.6) is 5.75 Å². The summed E-state index contributed by atoms with van der Waals surface area (Å²) in [7, 11) is 1.21. The zero-order chi connectivity index (χ0) is 33.4. The molecule has 0 saturated carbocycles. The second-order valence-electron chi connectivity index (χ2n) is 11.7. The summed E-state index contributed by atoms with van der Waals surface area (Å²) in [5.74, 6) is 0.843. The average molecular weight is 669 g/mol. The van der Waals surface area contributed by atoms with Gasteiger partial charge >= 0.3 is 0 Å². The first-order valence-electron chi connectivity index (χ1n) is 15.5. The number of likely N-dealkylation sites (N-methyl/N-ethyl adjacent to an activating group) is 2. The molecule has 2 heterocycles. The molecule has 13 heteroatoms. The SMILES string of the molecule is C=CC(=O)Nc1cc(Nc2ncc(Cl)c(Nc3ccccc3P(C)(C)=O)n2)c(OC)cc1N1CCC(N(C)CCN(CC)CC)C1. The molecule has 1 fully saturated rings. The van der Waals surface area contributed by atoms with E-state index >= 15 is 0 Å². The van der Waals surface area contributed by atoms with Crippen LogP contribution in [0.4, 0.5) is 34.5 Å². The number of hydrogen-bond acceptors (Lipinski definition) is 10. The van der Waals surface area contributed by atoms with Crippen molar-refractivity contribution in [3.8, 4) is 5.75 Å². The predicted molar refractivity (Wildman–Crippen MR) is 192 cm³/mol. The van der Waals surface area contributed by atoms with Crippen LogP contribution in [0.3, 0.4) is 0 Å². The minimum Gasteiger partial charge on any atom is -0.494 e. The van der Waals surface area contributed by atoms with Crippen molar-refractivity contribution >= 4 is 64.5 Å². The number of ether oxygens (including phenoxy) is 1. The summed E-state index contributed by atoms with van der Waals surface area (Å²) >= 11 is 6.47. The highest BCUT2D eigenvalue weighted by atomic mass is 35.5. The van der Waals surface area contributed by atoms with Crippen molar-refractivity contribution in [1.82, 2.24) is 19.8 Å². The summed E-state index contributed by atoms with van der Waals surface area (Å²) in [6.45, 7) is 17.2. The minimum atomic E-state index is -2.57. The number of methoxy groups -OCH3 is 1. The monoisotopic (exact) mass is 668 g/mol. The van der Waals surface area contributed by atoms with Crippen molar-refractivity contribution in [2.75, 3.05) is 87.6 Å². The summed E-state index contributed by atoms with van der Waals surface area (Å²) in [5, 5.41) is 10.4. The van der Waals surface area contributed by atoms with E-state index in [9.17, 15) is 9.36 Å². The van der Waals surface area contributed by atoms with Crippen LogP contribution in [0.25, 0.3) is 0 Å². The third-order valence-electron chi connectivity index (χ3n) is 8.28. The van der Waals surface area contributed by atoms with Crippen molar-refractivity contribution in [2.45, 2.75) is 26.3 Å². The molecule has 0 bridgehead atoms. The molecule has 1 unspecified atom stereocenters. The molecule has 3 N–H and O–H groups in total. The zero-order valence-corrected chi connectivity index (χ0v) is 29.3. The Morgan fingerprint density at radius 2 is 1.89 bits per heavy atom. The number of hydrogen-bond donors (Lipinski definition) is 3. The smallest absolute Gasteiger partial charge is 0.247 e. The molecule has 1 saturated heterocycles. The molecule has 4 rings (SSSR count). The van der Waals surface area contributed by atoms with E-state index in [0.29, 0.717) is 45.0 Å². The Bertz CT molecular complexity index is 1580. The van der Waals surface area contributed by atoms with Gasteiger partial charge in [0.05, 0.1) is 36.1 Å². The van der Waals surface area contributed by atoms with Gasteiger partial charge in [-0.2, -0.15) is 4.98 Å². The van der Waals surface area contributed by atoms with Gasteiger partial charge in [0.25, 0.3) is 0 Å². The van der Waals surface area contributed by atoms with Gasteiger partial charge < -0.3 is 40.0 Å². The highest BCUT2D eigenvalue weighted by Crippen LogP contribution is 2.41.